The van der Waals surface area contributed by atoms with Gasteiger partial charge in [0.1, 0.15) is 5.75 Å². The predicted molar refractivity (Wildman–Crippen MR) is 84.5 cm³/mol. The topological polar surface area (TPSA) is 75.8 Å². The van der Waals surface area contributed by atoms with Crippen molar-refractivity contribution in [3.05, 3.63) is 48.5 Å². The van der Waals surface area contributed by atoms with E-state index >= 15 is 0 Å². The standard InChI is InChI=1S/C15H12N3O2S/c19-11-5-3-4-10(8-11)16-14(20)9-21-15-17-12-6-1-2-7-13(12)18-15/h1-8,19H,9H2,(H,16,20). The number of carbonyl (C=O) groups is 1. The molecule has 105 valence electrons. The average Bonchev–Trinajstić information content (AvgIpc) is 2.88. The first-order valence-electron chi connectivity index (χ1n) is 6.32. The Labute approximate surface area is 126 Å². The predicted octanol–water partition coefficient (Wildman–Crippen LogP) is 3.00. The molecule has 0 spiro atoms. The van der Waals surface area contributed by atoms with Crippen molar-refractivity contribution in [1.29, 1.82) is 0 Å². The zero-order valence-corrected chi connectivity index (χ0v) is 11.8. The van der Waals surface area contributed by atoms with Crippen LogP contribution in [-0.2, 0) is 4.79 Å². The molecule has 0 aliphatic carbocycles. The number of thioether (sulfide) groups is 1. The number of phenolic OH excluding ortho intramolecular Hbond substituents is 1. The van der Waals surface area contributed by atoms with Gasteiger partial charge in [0.15, 0.2) is 5.17 Å². The number of hydrogen-bond donors (Lipinski definition) is 2. The number of hydrogen-bond acceptors (Lipinski definition) is 4. The average molecular weight is 298 g/mol. The van der Waals surface area contributed by atoms with Crippen LogP contribution in [0.15, 0.2) is 53.5 Å². The van der Waals surface area contributed by atoms with Gasteiger partial charge >= 0.3 is 0 Å². The van der Waals surface area contributed by atoms with Gasteiger partial charge in [-0.2, -0.15) is 0 Å². The minimum absolute atomic E-state index is 0.117. The van der Waals surface area contributed by atoms with Gasteiger partial charge in [-0.05, 0) is 24.3 Å². The molecule has 1 heterocycles. The van der Waals surface area contributed by atoms with E-state index in [0.717, 1.165) is 11.4 Å². The number of phenols is 1. The summed E-state index contributed by atoms with van der Waals surface area (Å²) in [4.78, 5) is 16.2. The second kappa shape index (κ2) is 5.88. The van der Waals surface area contributed by atoms with E-state index in [-0.39, 0.29) is 17.4 Å². The van der Waals surface area contributed by atoms with Gasteiger partial charge in [0, 0.05) is 11.8 Å². The highest BCUT2D eigenvalue weighted by Gasteiger charge is 2.16. The van der Waals surface area contributed by atoms with Crippen LogP contribution in [0.3, 0.4) is 0 Å². The van der Waals surface area contributed by atoms with E-state index in [2.05, 4.69) is 15.6 Å². The molecular formula is C15H12N3O2S. The molecule has 0 bridgehead atoms. The Kier molecular flexibility index (Phi) is 3.79. The molecular weight excluding hydrogens is 286 g/mol. The fraction of sp³-hybridized carbons (Fsp3) is 0.0667. The van der Waals surface area contributed by atoms with Gasteiger partial charge in [0.2, 0.25) is 5.91 Å². The van der Waals surface area contributed by atoms with Crippen LogP contribution in [0.1, 0.15) is 0 Å². The number of aliphatic imine (C=N–C) groups is 1. The molecule has 0 unspecified atom stereocenters. The van der Waals surface area contributed by atoms with Crippen LogP contribution in [0.2, 0.25) is 0 Å². The van der Waals surface area contributed by atoms with Crippen LogP contribution in [0.25, 0.3) is 0 Å². The van der Waals surface area contributed by atoms with E-state index in [0.29, 0.717) is 10.9 Å². The van der Waals surface area contributed by atoms with Crippen LogP contribution in [0.5, 0.6) is 5.75 Å². The summed E-state index contributed by atoms with van der Waals surface area (Å²) in [5, 5.41) is 17.0. The molecule has 2 aromatic rings. The van der Waals surface area contributed by atoms with Crippen molar-refractivity contribution in [1.82, 2.24) is 5.32 Å². The highest BCUT2D eigenvalue weighted by atomic mass is 32.2. The van der Waals surface area contributed by atoms with Crippen LogP contribution in [-0.4, -0.2) is 21.9 Å². The first-order chi connectivity index (χ1) is 10.2. The van der Waals surface area contributed by atoms with Crippen LogP contribution in [0, 0.1) is 0 Å². The number of carbonyl (C=O) groups excluding carboxylic acids is 1. The van der Waals surface area contributed by atoms with Gasteiger partial charge < -0.3 is 10.4 Å². The van der Waals surface area contributed by atoms with Crippen molar-refractivity contribution < 1.29 is 9.90 Å². The van der Waals surface area contributed by atoms with Crippen molar-refractivity contribution in [2.45, 2.75) is 0 Å². The van der Waals surface area contributed by atoms with Gasteiger partial charge in [-0.1, -0.05) is 30.0 Å². The molecule has 0 fully saturated rings. The maximum atomic E-state index is 11.8. The number of nitrogens with zero attached hydrogens (tertiary/aromatic N) is 2. The largest absolute Gasteiger partial charge is 0.508 e. The number of aromatic hydroxyl groups is 1. The van der Waals surface area contributed by atoms with Crippen LogP contribution < -0.4 is 10.6 Å². The molecule has 21 heavy (non-hydrogen) atoms. The van der Waals surface area contributed by atoms with Gasteiger partial charge in [-0.3, -0.25) is 4.79 Å². The number of para-hydroxylation sites is 2. The normalized spacial score (nSPS) is 12.3. The summed E-state index contributed by atoms with van der Waals surface area (Å²) in [5.74, 6) is 0.164. The summed E-state index contributed by atoms with van der Waals surface area (Å²) >= 11 is 1.28. The van der Waals surface area contributed by atoms with Crippen molar-refractivity contribution in [2.75, 3.05) is 11.1 Å². The smallest absolute Gasteiger partial charge is 0.234 e. The first-order valence-corrected chi connectivity index (χ1v) is 7.30. The maximum absolute atomic E-state index is 11.8. The Morgan fingerprint density at radius 3 is 2.71 bits per heavy atom. The Bertz CT molecular complexity index is 716. The number of rotatable bonds is 3. The van der Waals surface area contributed by atoms with Gasteiger partial charge in [-0.15, -0.1) is 0 Å². The van der Waals surface area contributed by atoms with Gasteiger partial charge in [0.05, 0.1) is 17.1 Å². The molecule has 5 nitrogen and oxygen atoms in total. The molecule has 0 saturated heterocycles. The quantitative estimate of drug-likeness (QED) is 0.914. The lowest BCUT2D eigenvalue weighted by molar-refractivity contribution is -0.113. The van der Waals surface area contributed by atoms with Gasteiger partial charge in [-0.25, -0.2) is 10.3 Å². The van der Waals surface area contributed by atoms with E-state index in [4.69, 9.17) is 0 Å². The summed E-state index contributed by atoms with van der Waals surface area (Å²) in [7, 11) is 0. The van der Waals surface area contributed by atoms with Crippen LogP contribution in [0.4, 0.5) is 17.1 Å². The number of nitrogens with one attached hydrogen (secondary N) is 1. The molecule has 1 aliphatic rings. The van der Waals surface area contributed by atoms with Gasteiger partial charge in [0.25, 0.3) is 0 Å². The number of anilines is 1. The molecule has 2 aromatic carbocycles. The summed E-state index contributed by atoms with van der Waals surface area (Å²) < 4.78 is 0. The highest BCUT2D eigenvalue weighted by Crippen LogP contribution is 2.32. The van der Waals surface area contributed by atoms with Crippen molar-refractivity contribution in [3.8, 4) is 5.75 Å². The minimum Gasteiger partial charge on any atom is -0.508 e. The zero-order valence-electron chi connectivity index (χ0n) is 11.0. The Balaban J connectivity index is 1.54. The monoisotopic (exact) mass is 298 g/mol. The van der Waals surface area contributed by atoms with E-state index in [1.165, 1.54) is 17.8 Å². The highest BCUT2D eigenvalue weighted by molar-refractivity contribution is 8.14. The lowest BCUT2D eigenvalue weighted by Gasteiger charge is -2.05. The van der Waals surface area contributed by atoms with Crippen molar-refractivity contribution in [2.24, 2.45) is 4.99 Å². The number of benzene rings is 2. The summed E-state index contributed by atoms with van der Waals surface area (Å²) in [6, 6.07) is 14.0. The third kappa shape index (κ3) is 3.35. The molecule has 1 aliphatic heterocycles. The Hall–Kier alpha value is -2.47. The molecule has 0 atom stereocenters. The second-order valence-electron chi connectivity index (χ2n) is 4.38. The van der Waals surface area contributed by atoms with Crippen LogP contribution >= 0.6 is 11.8 Å². The van der Waals surface area contributed by atoms with Crippen molar-refractivity contribution in [3.63, 3.8) is 0 Å². The van der Waals surface area contributed by atoms with E-state index in [1.54, 1.807) is 18.2 Å². The zero-order chi connectivity index (χ0) is 14.7. The lowest BCUT2D eigenvalue weighted by atomic mass is 10.3. The molecule has 1 amide bonds. The first kappa shape index (κ1) is 13.5. The van der Waals surface area contributed by atoms with E-state index in [1.807, 2.05) is 24.3 Å². The molecule has 2 N–H and O–H groups in total. The third-order valence-corrected chi connectivity index (χ3v) is 3.62. The number of amides is 1. The third-order valence-electron chi connectivity index (χ3n) is 2.78. The minimum atomic E-state index is -0.167. The Morgan fingerprint density at radius 2 is 1.95 bits per heavy atom. The number of fused-ring (bicyclic) bond motifs is 1. The molecule has 1 radical (unpaired) electrons. The summed E-state index contributed by atoms with van der Waals surface area (Å²) in [6.45, 7) is 0. The maximum Gasteiger partial charge on any atom is 0.234 e. The molecule has 3 rings (SSSR count). The lowest BCUT2D eigenvalue weighted by Crippen LogP contribution is -2.16. The molecule has 0 aromatic heterocycles. The van der Waals surface area contributed by atoms with E-state index in [9.17, 15) is 9.90 Å². The fourth-order valence-corrected chi connectivity index (χ4v) is 2.52. The fourth-order valence-electron chi connectivity index (χ4n) is 1.86. The number of amidine groups is 1. The molecule has 6 heteroatoms. The molecule has 0 saturated carbocycles. The summed E-state index contributed by atoms with van der Waals surface area (Å²) in [6.07, 6.45) is 0. The summed E-state index contributed by atoms with van der Waals surface area (Å²) in [5.41, 5.74) is 2.22. The second-order valence-corrected chi connectivity index (χ2v) is 5.32. The SMILES string of the molecule is O=C(CSC1=Nc2ccccc2[N]1)Nc1cccc(O)c1. The van der Waals surface area contributed by atoms with Crippen molar-refractivity contribution >= 4 is 39.9 Å². The Morgan fingerprint density at radius 1 is 1.14 bits per heavy atom. The van der Waals surface area contributed by atoms with E-state index < -0.39 is 0 Å².